The summed E-state index contributed by atoms with van der Waals surface area (Å²) >= 11 is 0.835. The van der Waals surface area contributed by atoms with Gasteiger partial charge in [0.15, 0.2) is 0 Å². The van der Waals surface area contributed by atoms with Gasteiger partial charge >= 0.3 is 0 Å². The minimum Gasteiger partial charge on any atom is -0.296 e. The zero-order chi connectivity index (χ0) is 19.3. The van der Waals surface area contributed by atoms with Gasteiger partial charge in [0.25, 0.3) is 15.9 Å². The number of hydrogen-bond donors (Lipinski definition) is 2. The van der Waals surface area contributed by atoms with Gasteiger partial charge < -0.3 is 0 Å². The van der Waals surface area contributed by atoms with Crippen LogP contribution >= 0.6 is 11.3 Å². The molecule has 1 aliphatic rings. The zero-order valence-electron chi connectivity index (χ0n) is 15.1. The molecule has 0 spiro atoms. The third-order valence-electron chi connectivity index (χ3n) is 4.37. The quantitative estimate of drug-likeness (QED) is 0.543. The Labute approximate surface area is 163 Å². The Hall–Kier alpha value is -2.10. The van der Waals surface area contributed by atoms with Crippen molar-refractivity contribution in [2.75, 3.05) is 11.9 Å². The number of nitrogens with one attached hydrogen (secondary N) is 2. The second-order valence-corrected chi connectivity index (χ2v) is 9.32. The number of hydrogen-bond acceptors (Lipinski definition) is 6. The maximum Gasteiger partial charge on any atom is 0.269 e. The van der Waals surface area contributed by atoms with Crippen molar-refractivity contribution in [2.45, 2.75) is 43.4 Å². The molecule has 0 unspecified atom stereocenters. The number of anilines is 1. The van der Waals surface area contributed by atoms with Crippen LogP contribution in [-0.2, 0) is 10.0 Å². The Balaban J connectivity index is 1.59. The molecule has 0 saturated carbocycles. The van der Waals surface area contributed by atoms with E-state index in [0.717, 1.165) is 29.7 Å². The highest BCUT2D eigenvalue weighted by atomic mass is 32.2. The minimum atomic E-state index is -3.73. The van der Waals surface area contributed by atoms with Gasteiger partial charge in [0.05, 0.1) is 0 Å². The summed E-state index contributed by atoms with van der Waals surface area (Å²) in [5.41, 5.74) is 2.63. The second kappa shape index (κ2) is 8.73. The van der Waals surface area contributed by atoms with Gasteiger partial charge in [-0.1, -0.05) is 41.2 Å². The minimum absolute atomic E-state index is 0.151. The van der Waals surface area contributed by atoms with Crippen molar-refractivity contribution in [3.63, 3.8) is 0 Å². The fraction of sp³-hybridized carbons (Fsp3) is 0.389. The maximum atomic E-state index is 12.4. The molecule has 0 aliphatic heterocycles. The first-order chi connectivity index (χ1) is 13.0. The van der Waals surface area contributed by atoms with Crippen molar-refractivity contribution in [1.29, 1.82) is 0 Å². The van der Waals surface area contributed by atoms with E-state index in [1.165, 1.54) is 18.4 Å². The molecule has 0 fully saturated rings. The molecule has 2 N–H and O–H groups in total. The van der Waals surface area contributed by atoms with E-state index in [0.29, 0.717) is 18.5 Å². The van der Waals surface area contributed by atoms with Crippen LogP contribution in [0, 0.1) is 6.92 Å². The highest BCUT2D eigenvalue weighted by Gasteiger charge is 2.21. The van der Waals surface area contributed by atoms with Gasteiger partial charge in [-0.3, -0.25) is 10.1 Å². The van der Waals surface area contributed by atoms with Gasteiger partial charge in [-0.25, -0.2) is 13.1 Å². The fourth-order valence-corrected chi connectivity index (χ4v) is 4.87. The van der Waals surface area contributed by atoms with Gasteiger partial charge in [0, 0.05) is 12.1 Å². The van der Waals surface area contributed by atoms with E-state index in [-0.39, 0.29) is 15.4 Å². The lowest BCUT2D eigenvalue weighted by atomic mass is 9.97. The molecule has 1 amide bonds. The number of amides is 1. The number of sulfonamides is 1. The normalized spacial score (nSPS) is 14.6. The number of allylic oxidation sites excluding steroid dienone is 1. The molecule has 1 aromatic carbocycles. The molecule has 1 aromatic heterocycles. The number of nitrogens with zero attached hydrogens (tertiary/aromatic N) is 2. The van der Waals surface area contributed by atoms with Crippen molar-refractivity contribution in [3.05, 3.63) is 47.0 Å². The SMILES string of the molecule is Cc1ccccc1C(=O)Nc1nnc(S(=O)(=O)NCCC2=CCCCC2)s1. The molecular weight excluding hydrogens is 384 g/mol. The van der Waals surface area contributed by atoms with E-state index in [9.17, 15) is 13.2 Å². The Morgan fingerprint density at radius 3 is 2.78 bits per heavy atom. The Morgan fingerprint density at radius 2 is 2.04 bits per heavy atom. The molecule has 0 bridgehead atoms. The van der Waals surface area contributed by atoms with E-state index >= 15 is 0 Å². The van der Waals surface area contributed by atoms with Crippen LogP contribution in [-0.4, -0.2) is 31.1 Å². The molecule has 0 atom stereocenters. The van der Waals surface area contributed by atoms with E-state index in [2.05, 4.69) is 26.3 Å². The van der Waals surface area contributed by atoms with Crippen molar-refractivity contribution in [2.24, 2.45) is 0 Å². The van der Waals surface area contributed by atoms with E-state index in [1.807, 2.05) is 19.1 Å². The largest absolute Gasteiger partial charge is 0.296 e. The highest BCUT2D eigenvalue weighted by Crippen LogP contribution is 2.22. The lowest BCUT2D eigenvalue weighted by Crippen LogP contribution is -2.25. The Bertz CT molecular complexity index is 951. The summed E-state index contributed by atoms with van der Waals surface area (Å²) in [6.07, 6.45) is 7.38. The van der Waals surface area contributed by atoms with Gasteiger partial charge in [0.2, 0.25) is 9.47 Å². The maximum absolute atomic E-state index is 12.4. The first kappa shape index (κ1) is 19.7. The third-order valence-corrected chi connectivity index (χ3v) is 7.04. The van der Waals surface area contributed by atoms with Crippen LogP contribution in [0.25, 0.3) is 0 Å². The average Bonchev–Trinajstić information content (AvgIpc) is 3.12. The molecule has 7 nitrogen and oxygen atoms in total. The number of rotatable bonds is 7. The summed E-state index contributed by atoms with van der Waals surface area (Å²) in [7, 11) is -3.73. The van der Waals surface area contributed by atoms with Gasteiger partial charge in [-0.2, -0.15) is 0 Å². The van der Waals surface area contributed by atoms with Crippen LogP contribution in [0.3, 0.4) is 0 Å². The average molecular weight is 407 g/mol. The van der Waals surface area contributed by atoms with Crippen LogP contribution in [0.15, 0.2) is 40.3 Å². The topological polar surface area (TPSA) is 101 Å². The molecule has 1 heterocycles. The number of carbonyl (C=O) groups excluding carboxylic acids is 1. The number of benzene rings is 1. The van der Waals surface area contributed by atoms with Crippen molar-refractivity contribution in [1.82, 2.24) is 14.9 Å². The molecule has 3 rings (SSSR count). The van der Waals surface area contributed by atoms with E-state index in [1.54, 1.807) is 12.1 Å². The number of aryl methyl sites for hydroxylation is 1. The zero-order valence-corrected chi connectivity index (χ0v) is 16.7. The molecule has 2 aromatic rings. The van der Waals surface area contributed by atoms with Crippen molar-refractivity contribution < 1.29 is 13.2 Å². The number of carbonyl (C=O) groups is 1. The predicted octanol–water partition coefficient (Wildman–Crippen LogP) is 3.27. The molecule has 0 saturated heterocycles. The monoisotopic (exact) mass is 406 g/mol. The van der Waals surface area contributed by atoms with E-state index < -0.39 is 10.0 Å². The van der Waals surface area contributed by atoms with Gasteiger partial charge in [0.1, 0.15) is 0 Å². The van der Waals surface area contributed by atoms with Gasteiger partial charge in [-0.15, -0.1) is 10.2 Å². The lowest BCUT2D eigenvalue weighted by molar-refractivity contribution is 0.102. The fourth-order valence-electron chi connectivity index (χ4n) is 2.90. The standard InChI is InChI=1S/C18H22N4O3S2/c1-13-7-5-6-10-15(13)16(23)20-17-21-22-18(26-17)27(24,25)19-12-11-14-8-3-2-4-9-14/h5-8,10,19H,2-4,9,11-12H2,1H3,(H,20,21,23). The summed E-state index contributed by atoms with van der Waals surface area (Å²) in [5, 5.41) is 10.2. The first-order valence-corrected chi connectivity index (χ1v) is 11.1. The Kier molecular flexibility index (Phi) is 6.35. The van der Waals surface area contributed by atoms with Crippen LogP contribution in [0.4, 0.5) is 5.13 Å². The molecule has 9 heteroatoms. The molecule has 144 valence electrons. The third kappa shape index (κ3) is 5.21. The molecule has 1 aliphatic carbocycles. The first-order valence-electron chi connectivity index (χ1n) is 8.84. The molecule has 27 heavy (non-hydrogen) atoms. The van der Waals surface area contributed by atoms with Crippen LogP contribution in [0.2, 0.25) is 0 Å². The van der Waals surface area contributed by atoms with Gasteiger partial charge in [-0.05, 0) is 50.7 Å². The van der Waals surface area contributed by atoms with Crippen LogP contribution in [0.5, 0.6) is 0 Å². The van der Waals surface area contributed by atoms with Crippen molar-refractivity contribution in [3.8, 4) is 0 Å². The van der Waals surface area contributed by atoms with Crippen molar-refractivity contribution >= 4 is 32.4 Å². The van der Waals surface area contributed by atoms with Crippen LogP contribution < -0.4 is 10.0 Å². The predicted molar refractivity (Wildman–Crippen MR) is 105 cm³/mol. The molecular formula is C18H22N4O3S2. The highest BCUT2D eigenvalue weighted by molar-refractivity contribution is 7.91. The summed E-state index contributed by atoms with van der Waals surface area (Å²) < 4.78 is 27.1. The van der Waals surface area contributed by atoms with E-state index in [4.69, 9.17) is 0 Å². The number of aromatic nitrogens is 2. The van der Waals surface area contributed by atoms with Crippen LogP contribution in [0.1, 0.15) is 48.0 Å². The lowest BCUT2D eigenvalue weighted by Gasteiger charge is -2.12. The summed E-state index contributed by atoms with van der Waals surface area (Å²) in [6, 6.07) is 7.14. The Morgan fingerprint density at radius 1 is 1.22 bits per heavy atom. The second-order valence-electron chi connectivity index (χ2n) is 6.40. The summed E-state index contributed by atoms with van der Waals surface area (Å²) in [4.78, 5) is 12.3. The summed E-state index contributed by atoms with van der Waals surface area (Å²) in [5.74, 6) is -0.342. The summed E-state index contributed by atoms with van der Waals surface area (Å²) in [6.45, 7) is 2.16. The molecule has 0 radical (unpaired) electrons. The smallest absolute Gasteiger partial charge is 0.269 e.